The molecule has 0 saturated carbocycles. The van der Waals surface area contributed by atoms with Crippen molar-refractivity contribution in [3.05, 3.63) is 56.6 Å². The molecule has 2 aromatic rings. The Morgan fingerprint density at radius 1 is 0.857 bits per heavy atom. The van der Waals surface area contributed by atoms with Gasteiger partial charge in [-0.25, -0.2) is 0 Å². The zero-order valence-corrected chi connectivity index (χ0v) is 14.4. The summed E-state index contributed by atoms with van der Waals surface area (Å²) in [6.07, 6.45) is 0. The highest BCUT2D eigenvalue weighted by atomic mass is 16.6. The van der Waals surface area contributed by atoms with Gasteiger partial charge in [-0.15, -0.1) is 5.11 Å². The molecule has 28 heavy (non-hydrogen) atoms. The van der Waals surface area contributed by atoms with E-state index in [0.717, 1.165) is 6.07 Å². The molecule has 2 N–H and O–H groups in total. The average Bonchev–Trinajstić information content (AvgIpc) is 2.69. The number of hydrogen-bond acceptors (Lipinski definition) is 10. The molecule has 12 nitrogen and oxygen atoms in total. The number of nitro benzene ring substituents is 2. The molecule has 0 radical (unpaired) electrons. The summed E-state index contributed by atoms with van der Waals surface area (Å²) in [4.78, 5) is 20.7. The lowest BCUT2D eigenvalue weighted by Gasteiger charge is -2.11. The van der Waals surface area contributed by atoms with Crippen molar-refractivity contribution < 1.29 is 29.5 Å². The number of hydrogen-bond donors (Lipinski definition) is 2. The molecule has 0 aliphatic heterocycles. The lowest BCUT2D eigenvalue weighted by atomic mass is 10.2. The molecule has 148 valence electrons. The minimum atomic E-state index is -0.687. The Balaban J connectivity index is 2.39. The lowest BCUT2D eigenvalue weighted by Crippen LogP contribution is -2.06. The van der Waals surface area contributed by atoms with Gasteiger partial charge in [-0.2, -0.15) is 5.11 Å². The Morgan fingerprint density at radius 2 is 1.46 bits per heavy atom. The zero-order valence-electron chi connectivity index (χ0n) is 14.4. The van der Waals surface area contributed by atoms with Crippen LogP contribution in [0.25, 0.3) is 0 Å². The maximum atomic E-state index is 11.3. The molecule has 2 aromatic carbocycles. The zero-order chi connectivity index (χ0) is 20.5. The fourth-order valence-corrected chi connectivity index (χ4v) is 2.05. The second-order valence-electron chi connectivity index (χ2n) is 5.16. The van der Waals surface area contributed by atoms with Gasteiger partial charge in [-0.1, -0.05) is 0 Å². The van der Waals surface area contributed by atoms with Crippen molar-refractivity contribution in [3.63, 3.8) is 0 Å². The molecule has 0 amide bonds. The molecular weight excluding hydrogens is 376 g/mol. The number of ether oxygens (including phenoxy) is 2. The molecule has 12 heteroatoms. The fourth-order valence-electron chi connectivity index (χ4n) is 2.05. The fraction of sp³-hybridized carbons (Fsp3) is 0.250. The summed E-state index contributed by atoms with van der Waals surface area (Å²) in [7, 11) is 0. The number of non-ortho nitro benzene ring substituents is 1. The number of aliphatic hydroxyl groups excluding tert-OH is 2. The van der Waals surface area contributed by atoms with Gasteiger partial charge in [-0.3, -0.25) is 20.2 Å². The Hall–Kier alpha value is -3.64. The standard InChI is InChI=1S/C16H16N4O8/c21-5-7-27-15-10-16(28-8-6-22)14(20(25)26)9-13(15)18-17-11-1-3-12(4-2-11)19(23)24/h1-4,9-10,21-22H,5-8H2. The van der Waals surface area contributed by atoms with Crippen LogP contribution in [0.1, 0.15) is 0 Å². The van der Waals surface area contributed by atoms with Crippen molar-refractivity contribution in [1.29, 1.82) is 0 Å². The van der Waals surface area contributed by atoms with Crippen molar-refractivity contribution in [2.75, 3.05) is 26.4 Å². The van der Waals surface area contributed by atoms with Crippen LogP contribution in [0.15, 0.2) is 46.6 Å². The van der Waals surface area contributed by atoms with Gasteiger partial charge < -0.3 is 19.7 Å². The van der Waals surface area contributed by atoms with Crippen LogP contribution in [0.3, 0.4) is 0 Å². The highest BCUT2D eigenvalue weighted by Crippen LogP contribution is 2.40. The first-order valence-electron chi connectivity index (χ1n) is 7.92. The molecule has 2 rings (SSSR count). The number of rotatable bonds is 10. The summed E-state index contributed by atoms with van der Waals surface area (Å²) < 4.78 is 10.5. The van der Waals surface area contributed by atoms with Crippen LogP contribution < -0.4 is 9.47 Å². The first-order chi connectivity index (χ1) is 13.5. The first kappa shape index (κ1) is 20.7. The van der Waals surface area contributed by atoms with Crippen LogP contribution in [-0.2, 0) is 0 Å². The average molecular weight is 392 g/mol. The van der Waals surface area contributed by atoms with E-state index in [1.807, 2.05) is 0 Å². The van der Waals surface area contributed by atoms with E-state index in [0.29, 0.717) is 0 Å². The van der Waals surface area contributed by atoms with Gasteiger partial charge in [0.25, 0.3) is 5.69 Å². The predicted octanol–water partition coefficient (Wildman–Crippen LogP) is 2.66. The second-order valence-corrected chi connectivity index (χ2v) is 5.16. The van der Waals surface area contributed by atoms with Crippen LogP contribution in [-0.4, -0.2) is 46.5 Å². The smallest absolute Gasteiger partial charge is 0.313 e. The van der Waals surface area contributed by atoms with E-state index in [1.54, 1.807) is 0 Å². The van der Waals surface area contributed by atoms with Gasteiger partial charge in [-0.05, 0) is 12.1 Å². The van der Waals surface area contributed by atoms with Crippen molar-refractivity contribution in [2.24, 2.45) is 10.2 Å². The summed E-state index contributed by atoms with van der Waals surface area (Å²) in [6.45, 7) is -0.907. The largest absolute Gasteiger partial charge is 0.489 e. The molecule has 0 atom stereocenters. The van der Waals surface area contributed by atoms with Gasteiger partial charge in [0, 0.05) is 18.2 Å². The molecule has 0 aliphatic carbocycles. The minimum absolute atomic E-state index is 0.00477. The molecule has 0 aromatic heterocycles. The number of nitro groups is 2. The Kier molecular flexibility index (Phi) is 7.30. The van der Waals surface area contributed by atoms with E-state index < -0.39 is 15.5 Å². The van der Waals surface area contributed by atoms with Gasteiger partial charge in [0.15, 0.2) is 5.75 Å². The molecule has 0 bridgehead atoms. The quantitative estimate of drug-likeness (QED) is 0.353. The van der Waals surface area contributed by atoms with Crippen LogP contribution in [0.4, 0.5) is 22.7 Å². The number of aliphatic hydroxyl groups is 2. The molecule has 0 unspecified atom stereocenters. The summed E-state index contributed by atoms with van der Waals surface area (Å²) in [6, 6.07) is 7.51. The second kappa shape index (κ2) is 9.89. The van der Waals surface area contributed by atoms with Crippen LogP contribution in [0.2, 0.25) is 0 Å². The Morgan fingerprint density at radius 3 is 2.00 bits per heavy atom. The lowest BCUT2D eigenvalue weighted by molar-refractivity contribution is -0.385. The van der Waals surface area contributed by atoms with Crippen molar-refractivity contribution >= 4 is 22.7 Å². The first-order valence-corrected chi connectivity index (χ1v) is 7.92. The van der Waals surface area contributed by atoms with Crippen LogP contribution in [0, 0.1) is 20.2 Å². The maximum absolute atomic E-state index is 11.3. The Labute approximate surface area is 158 Å². The third kappa shape index (κ3) is 5.43. The van der Waals surface area contributed by atoms with Gasteiger partial charge in [0.2, 0.25) is 5.75 Å². The highest BCUT2D eigenvalue weighted by molar-refractivity contribution is 5.64. The molecular formula is C16H16N4O8. The van der Waals surface area contributed by atoms with E-state index >= 15 is 0 Å². The van der Waals surface area contributed by atoms with E-state index in [9.17, 15) is 20.2 Å². The van der Waals surface area contributed by atoms with Crippen molar-refractivity contribution in [3.8, 4) is 11.5 Å². The van der Waals surface area contributed by atoms with Crippen molar-refractivity contribution in [1.82, 2.24) is 0 Å². The van der Waals surface area contributed by atoms with E-state index in [1.165, 1.54) is 30.3 Å². The topological polar surface area (TPSA) is 170 Å². The molecule has 0 spiro atoms. The summed E-state index contributed by atoms with van der Waals surface area (Å²) in [5, 5.41) is 47.5. The number of nitrogens with zero attached hydrogens (tertiary/aromatic N) is 4. The summed E-state index contributed by atoms with van der Waals surface area (Å²) in [5.74, 6) is -0.0699. The molecule has 0 aliphatic rings. The predicted molar refractivity (Wildman–Crippen MR) is 95.5 cm³/mol. The van der Waals surface area contributed by atoms with E-state index in [2.05, 4.69) is 10.2 Å². The monoisotopic (exact) mass is 392 g/mol. The SMILES string of the molecule is O=[N+]([O-])c1ccc(N=Nc2cc([N+](=O)[O-])c(OCCO)cc2OCCO)cc1. The third-order valence-electron chi connectivity index (χ3n) is 3.27. The van der Waals surface area contributed by atoms with Crippen molar-refractivity contribution in [2.45, 2.75) is 0 Å². The van der Waals surface area contributed by atoms with Gasteiger partial charge >= 0.3 is 5.69 Å². The van der Waals surface area contributed by atoms with Gasteiger partial charge in [0.05, 0.1) is 34.8 Å². The number of benzene rings is 2. The highest BCUT2D eigenvalue weighted by Gasteiger charge is 2.21. The van der Waals surface area contributed by atoms with E-state index in [-0.39, 0.29) is 55.0 Å². The summed E-state index contributed by atoms with van der Waals surface area (Å²) in [5.41, 5.74) is -0.258. The summed E-state index contributed by atoms with van der Waals surface area (Å²) >= 11 is 0. The van der Waals surface area contributed by atoms with Gasteiger partial charge in [0.1, 0.15) is 18.9 Å². The maximum Gasteiger partial charge on any atom is 0.313 e. The third-order valence-corrected chi connectivity index (χ3v) is 3.27. The molecule has 0 heterocycles. The van der Waals surface area contributed by atoms with Crippen LogP contribution in [0.5, 0.6) is 11.5 Å². The van der Waals surface area contributed by atoms with Crippen LogP contribution >= 0.6 is 0 Å². The normalized spacial score (nSPS) is 10.8. The molecule has 0 saturated heterocycles. The minimum Gasteiger partial charge on any atom is -0.489 e. The number of azo groups is 1. The Bertz CT molecular complexity index is 870. The van der Waals surface area contributed by atoms with E-state index in [4.69, 9.17) is 19.7 Å². The molecule has 0 fully saturated rings.